The molecule has 2 aromatic heterocycles. The number of carbonyl (C=O) groups is 1. The molecule has 0 bridgehead atoms. The topological polar surface area (TPSA) is 70.9 Å². The van der Waals surface area contributed by atoms with E-state index in [2.05, 4.69) is 15.3 Å². The summed E-state index contributed by atoms with van der Waals surface area (Å²) in [5.41, 5.74) is 1.63. The Morgan fingerprint density at radius 2 is 2.11 bits per heavy atom. The molecule has 5 nitrogen and oxygen atoms in total. The summed E-state index contributed by atoms with van der Waals surface area (Å²) in [6, 6.07) is 10.5. The Morgan fingerprint density at radius 1 is 1.28 bits per heavy atom. The summed E-state index contributed by atoms with van der Waals surface area (Å²) in [5, 5.41) is 2.77. The Kier molecular flexibility index (Phi) is 2.53. The maximum absolute atomic E-state index is 11.8. The zero-order valence-electron chi connectivity index (χ0n) is 9.11. The van der Waals surface area contributed by atoms with Crippen molar-refractivity contribution < 1.29 is 9.21 Å². The fourth-order valence-electron chi connectivity index (χ4n) is 1.62. The predicted octanol–water partition coefficient (Wildman–Crippen LogP) is 3.06. The summed E-state index contributed by atoms with van der Waals surface area (Å²) in [6.07, 6.45) is 0. The van der Waals surface area contributed by atoms with Gasteiger partial charge in [-0.3, -0.25) is 10.1 Å². The number of anilines is 1. The van der Waals surface area contributed by atoms with E-state index in [0.29, 0.717) is 5.95 Å². The van der Waals surface area contributed by atoms with Gasteiger partial charge in [0.25, 0.3) is 5.91 Å². The number of H-pyrrole nitrogens is 1. The summed E-state index contributed by atoms with van der Waals surface area (Å²) in [4.78, 5) is 19.0. The number of aromatic nitrogens is 2. The summed E-state index contributed by atoms with van der Waals surface area (Å²) in [5.74, 6) is 0.107. The van der Waals surface area contributed by atoms with E-state index in [4.69, 9.17) is 16.0 Å². The summed E-state index contributed by atoms with van der Waals surface area (Å²) in [6.45, 7) is 0. The molecule has 2 N–H and O–H groups in total. The van der Waals surface area contributed by atoms with Crippen molar-refractivity contribution >= 4 is 34.5 Å². The highest BCUT2D eigenvalue weighted by molar-refractivity contribution is 6.29. The molecule has 3 aromatic rings. The fraction of sp³-hybridized carbons (Fsp3) is 0. The van der Waals surface area contributed by atoms with Crippen molar-refractivity contribution in [2.75, 3.05) is 5.32 Å². The number of nitrogens with one attached hydrogen (secondary N) is 2. The van der Waals surface area contributed by atoms with Gasteiger partial charge in [-0.2, -0.15) is 0 Å². The molecule has 1 aromatic carbocycles. The standard InChI is InChI=1S/C12H8ClN3O2/c13-10-6-5-9(18-10)11(17)16-12-14-7-3-1-2-4-8(7)15-12/h1-6H,(H2,14,15,16,17). The molecule has 0 fully saturated rings. The predicted molar refractivity (Wildman–Crippen MR) is 67.8 cm³/mol. The van der Waals surface area contributed by atoms with Crippen LogP contribution < -0.4 is 5.32 Å². The Bertz CT molecular complexity index is 684. The molecule has 6 heteroatoms. The molecule has 2 heterocycles. The molecular weight excluding hydrogens is 254 g/mol. The van der Waals surface area contributed by atoms with Crippen molar-refractivity contribution in [1.82, 2.24) is 9.97 Å². The van der Waals surface area contributed by atoms with Crippen LogP contribution in [-0.2, 0) is 0 Å². The molecule has 0 saturated carbocycles. The minimum Gasteiger partial charge on any atom is -0.440 e. The molecule has 0 spiro atoms. The first-order valence-corrected chi connectivity index (χ1v) is 5.61. The fourth-order valence-corrected chi connectivity index (χ4v) is 1.76. The number of imidazole rings is 1. The third-order valence-corrected chi connectivity index (χ3v) is 2.62. The number of nitrogens with zero attached hydrogens (tertiary/aromatic N) is 1. The number of hydrogen-bond acceptors (Lipinski definition) is 3. The first kappa shape index (κ1) is 10.9. The molecule has 90 valence electrons. The average molecular weight is 262 g/mol. The second kappa shape index (κ2) is 4.19. The van der Waals surface area contributed by atoms with Gasteiger partial charge in [0.05, 0.1) is 11.0 Å². The number of furan rings is 1. The van der Waals surface area contributed by atoms with E-state index in [1.54, 1.807) is 0 Å². The Balaban J connectivity index is 1.86. The molecule has 0 atom stereocenters. The highest BCUT2D eigenvalue weighted by Gasteiger charge is 2.12. The van der Waals surface area contributed by atoms with Crippen LogP contribution in [0.3, 0.4) is 0 Å². The van der Waals surface area contributed by atoms with Crippen molar-refractivity contribution in [3.05, 3.63) is 47.4 Å². The molecule has 0 aliphatic heterocycles. The number of halogens is 1. The van der Waals surface area contributed by atoms with Crippen molar-refractivity contribution in [3.63, 3.8) is 0 Å². The van der Waals surface area contributed by atoms with Crippen LogP contribution in [0.15, 0.2) is 40.8 Å². The number of hydrogen-bond donors (Lipinski definition) is 2. The van der Waals surface area contributed by atoms with Crippen molar-refractivity contribution in [2.45, 2.75) is 0 Å². The normalized spacial score (nSPS) is 10.7. The van der Waals surface area contributed by atoms with Crippen LogP contribution in [-0.4, -0.2) is 15.9 Å². The quantitative estimate of drug-likeness (QED) is 0.745. The average Bonchev–Trinajstić information content (AvgIpc) is 2.94. The minimum absolute atomic E-state index is 0.139. The lowest BCUT2D eigenvalue weighted by Gasteiger charge is -1.97. The van der Waals surface area contributed by atoms with Crippen LogP contribution in [0, 0.1) is 0 Å². The number of fused-ring (bicyclic) bond motifs is 1. The van der Waals surface area contributed by atoms with Crippen LogP contribution in [0.1, 0.15) is 10.6 Å². The molecule has 3 rings (SSSR count). The van der Waals surface area contributed by atoms with E-state index < -0.39 is 5.91 Å². The van der Waals surface area contributed by atoms with Crippen molar-refractivity contribution in [3.8, 4) is 0 Å². The number of aromatic amines is 1. The zero-order valence-corrected chi connectivity index (χ0v) is 9.86. The van der Waals surface area contributed by atoms with Gasteiger partial charge in [0.15, 0.2) is 11.0 Å². The lowest BCUT2D eigenvalue weighted by Crippen LogP contribution is -2.11. The third kappa shape index (κ3) is 1.96. The van der Waals surface area contributed by atoms with Gasteiger partial charge < -0.3 is 9.40 Å². The molecule has 0 unspecified atom stereocenters. The highest BCUT2D eigenvalue weighted by Crippen LogP contribution is 2.16. The van der Waals surface area contributed by atoms with E-state index in [1.165, 1.54) is 12.1 Å². The maximum atomic E-state index is 11.8. The molecule has 0 saturated heterocycles. The highest BCUT2D eigenvalue weighted by atomic mass is 35.5. The Labute approximate surface area is 107 Å². The van der Waals surface area contributed by atoms with E-state index in [-0.39, 0.29) is 11.0 Å². The first-order chi connectivity index (χ1) is 8.72. The van der Waals surface area contributed by atoms with Crippen LogP contribution in [0.25, 0.3) is 11.0 Å². The second-order valence-electron chi connectivity index (χ2n) is 3.66. The van der Waals surface area contributed by atoms with Gasteiger partial charge in [-0.25, -0.2) is 4.98 Å². The van der Waals surface area contributed by atoms with Gasteiger partial charge in [-0.05, 0) is 35.9 Å². The number of para-hydroxylation sites is 2. The largest absolute Gasteiger partial charge is 0.440 e. The third-order valence-electron chi connectivity index (χ3n) is 2.42. The van der Waals surface area contributed by atoms with E-state index in [0.717, 1.165) is 11.0 Å². The Morgan fingerprint density at radius 3 is 2.83 bits per heavy atom. The summed E-state index contributed by atoms with van der Waals surface area (Å²) < 4.78 is 5.00. The van der Waals surface area contributed by atoms with Crippen LogP contribution >= 0.6 is 11.6 Å². The van der Waals surface area contributed by atoms with E-state index in [9.17, 15) is 4.79 Å². The van der Waals surface area contributed by atoms with E-state index in [1.807, 2.05) is 24.3 Å². The van der Waals surface area contributed by atoms with Crippen LogP contribution in [0.4, 0.5) is 5.95 Å². The molecule has 0 aliphatic carbocycles. The first-order valence-electron chi connectivity index (χ1n) is 5.24. The van der Waals surface area contributed by atoms with Gasteiger partial charge in [0.2, 0.25) is 5.95 Å². The molecule has 0 radical (unpaired) electrons. The number of benzene rings is 1. The summed E-state index contributed by atoms with van der Waals surface area (Å²) in [7, 11) is 0. The lowest BCUT2D eigenvalue weighted by atomic mass is 10.3. The SMILES string of the molecule is O=C(Nc1nc2ccccc2[nH]1)c1ccc(Cl)o1. The molecule has 0 aliphatic rings. The van der Waals surface area contributed by atoms with Crippen molar-refractivity contribution in [1.29, 1.82) is 0 Å². The number of carbonyl (C=O) groups excluding carboxylic acids is 1. The molecular formula is C12H8ClN3O2. The van der Waals surface area contributed by atoms with Gasteiger partial charge in [0.1, 0.15) is 0 Å². The number of amides is 1. The van der Waals surface area contributed by atoms with Gasteiger partial charge in [-0.15, -0.1) is 0 Å². The van der Waals surface area contributed by atoms with Crippen molar-refractivity contribution in [2.24, 2.45) is 0 Å². The maximum Gasteiger partial charge on any atom is 0.293 e. The second-order valence-corrected chi connectivity index (χ2v) is 4.03. The Hall–Kier alpha value is -2.27. The van der Waals surface area contributed by atoms with Gasteiger partial charge in [-0.1, -0.05) is 12.1 Å². The van der Waals surface area contributed by atoms with Gasteiger partial charge in [0, 0.05) is 0 Å². The van der Waals surface area contributed by atoms with Crippen LogP contribution in [0.5, 0.6) is 0 Å². The summed E-state index contributed by atoms with van der Waals surface area (Å²) >= 11 is 5.60. The number of rotatable bonds is 2. The van der Waals surface area contributed by atoms with Crippen LogP contribution in [0.2, 0.25) is 5.22 Å². The van der Waals surface area contributed by atoms with E-state index >= 15 is 0 Å². The lowest BCUT2D eigenvalue weighted by molar-refractivity contribution is 0.0996. The molecule has 1 amide bonds. The molecule has 18 heavy (non-hydrogen) atoms. The van der Waals surface area contributed by atoms with Gasteiger partial charge >= 0.3 is 0 Å². The minimum atomic E-state index is -0.402. The zero-order chi connectivity index (χ0) is 12.5. The smallest absolute Gasteiger partial charge is 0.293 e. The monoisotopic (exact) mass is 261 g/mol.